The van der Waals surface area contributed by atoms with Crippen LogP contribution in [0.4, 0.5) is 5.69 Å². The SMILES string of the molecule is O=c1c(Cl)c(N2CCOCC2)c1=O. The minimum Gasteiger partial charge on any atom is -0.378 e. The summed E-state index contributed by atoms with van der Waals surface area (Å²) in [6.07, 6.45) is 0. The topological polar surface area (TPSA) is 46.6 Å². The van der Waals surface area contributed by atoms with Gasteiger partial charge in [-0.2, -0.15) is 0 Å². The molecule has 1 aliphatic heterocycles. The Hall–Kier alpha value is -0.870. The van der Waals surface area contributed by atoms with Crippen molar-refractivity contribution in [2.24, 2.45) is 0 Å². The Morgan fingerprint density at radius 1 is 1.15 bits per heavy atom. The first-order chi connectivity index (χ1) is 6.22. The molecule has 0 bridgehead atoms. The lowest BCUT2D eigenvalue weighted by molar-refractivity contribution is 0.122. The Labute approximate surface area is 79.4 Å². The third kappa shape index (κ3) is 1.26. The van der Waals surface area contributed by atoms with Crippen LogP contribution in [0.25, 0.3) is 0 Å². The van der Waals surface area contributed by atoms with E-state index in [2.05, 4.69) is 0 Å². The van der Waals surface area contributed by atoms with Gasteiger partial charge in [0.15, 0.2) is 0 Å². The Kier molecular flexibility index (Phi) is 2.09. The summed E-state index contributed by atoms with van der Waals surface area (Å²) in [5, 5.41) is 0.0758. The highest BCUT2D eigenvalue weighted by Crippen LogP contribution is 2.20. The van der Waals surface area contributed by atoms with Gasteiger partial charge in [0.05, 0.1) is 13.2 Å². The van der Waals surface area contributed by atoms with Gasteiger partial charge in [-0.15, -0.1) is 0 Å². The lowest BCUT2D eigenvalue weighted by Gasteiger charge is -2.29. The van der Waals surface area contributed by atoms with E-state index in [0.717, 1.165) is 0 Å². The Balaban J connectivity index is 2.26. The minimum atomic E-state index is -0.567. The average Bonchev–Trinajstić information content (AvgIpc) is 2.19. The van der Waals surface area contributed by atoms with E-state index in [0.29, 0.717) is 32.0 Å². The number of halogens is 1. The van der Waals surface area contributed by atoms with E-state index in [9.17, 15) is 9.59 Å². The maximum absolute atomic E-state index is 11.1. The van der Waals surface area contributed by atoms with E-state index in [-0.39, 0.29) is 5.02 Å². The van der Waals surface area contributed by atoms with Crippen molar-refractivity contribution in [3.63, 3.8) is 0 Å². The fourth-order valence-corrected chi connectivity index (χ4v) is 1.71. The molecule has 0 spiro atoms. The predicted molar refractivity (Wildman–Crippen MR) is 49.4 cm³/mol. The largest absolute Gasteiger partial charge is 0.378 e. The molecule has 0 amide bonds. The van der Waals surface area contributed by atoms with Crippen molar-refractivity contribution in [3.05, 3.63) is 25.5 Å². The number of ether oxygens (including phenoxy) is 1. The lowest BCUT2D eigenvalue weighted by Crippen LogP contribution is -2.45. The standard InChI is InChI=1S/C8H8ClNO3/c9-5-6(8(12)7(5)11)10-1-3-13-4-2-10/h1-4H2. The second-order valence-electron chi connectivity index (χ2n) is 2.92. The molecule has 2 rings (SSSR count). The molecule has 1 fully saturated rings. The molecule has 0 aromatic heterocycles. The summed E-state index contributed by atoms with van der Waals surface area (Å²) in [4.78, 5) is 23.7. The number of morpholine rings is 1. The van der Waals surface area contributed by atoms with E-state index in [1.54, 1.807) is 4.90 Å². The van der Waals surface area contributed by atoms with Gasteiger partial charge >= 0.3 is 0 Å². The number of nitrogens with zero attached hydrogens (tertiary/aromatic N) is 1. The van der Waals surface area contributed by atoms with Gasteiger partial charge in [0.1, 0.15) is 10.7 Å². The quantitative estimate of drug-likeness (QED) is 0.589. The van der Waals surface area contributed by atoms with Crippen molar-refractivity contribution >= 4 is 17.3 Å². The molecule has 70 valence electrons. The molecule has 0 unspecified atom stereocenters. The zero-order valence-corrected chi connectivity index (χ0v) is 7.63. The second kappa shape index (κ2) is 3.12. The van der Waals surface area contributed by atoms with Crippen LogP contribution >= 0.6 is 11.6 Å². The van der Waals surface area contributed by atoms with Gasteiger partial charge in [-0.1, -0.05) is 11.6 Å². The zero-order valence-electron chi connectivity index (χ0n) is 6.88. The third-order valence-corrected chi connectivity index (χ3v) is 2.51. The van der Waals surface area contributed by atoms with Crippen LogP contribution in [0.3, 0.4) is 0 Å². The van der Waals surface area contributed by atoms with Crippen molar-refractivity contribution in [1.29, 1.82) is 0 Å². The van der Waals surface area contributed by atoms with E-state index in [4.69, 9.17) is 16.3 Å². The smallest absolute Gasteiger partial charge is 0.252 e. The van der Waals surface area contributed by atoms with Gasteiger partial charge in [-0.25, -0.2) is 0 Å². The lowest BCUT2D eigenvalue weighted by atomic mass is 10.2. The molecular formula is C8H8ClNO3. The average molecular weight is 202 g/mol. The Morgan fingerprint density at radius 3 is 2.31 bits per heavy atom. The normalized spacial score (nSPS) is 18.1. The monoisotopic (exact) mass is 201 g/mol. The van der Waals surface area contributed by atoms with Gasteiger partial charge in [0.2, 0.25) is 5.43 Å². The van der Waals surface area contributed by atoms with Crippen LogP contribution in [0.15, 0.2) is 9.59 Å². The van der Waals surface area contributed by atoms with Crippen LogP contribution in [0.1, 0.15) is 0 Å². The fraction of sp³-hybridized carbons (Fsp3) is 0.500. The first kappa shape index (κ1) is 8.72. The van der Waals surface area contributed by atoms with Crippen molar-refractivity contribution in [2.75, 3.05) is 31.2 Å². The molecule has 0 radical (unpaired) electrons. The van der Waals surface area contributed by atoms with Crippen LogP contribution in [0.2, 0.25) is 5.02 Å². The third-order valence-electron chi connectivity index (χ3n) is 2.16. The molecule has 0 aliphatic carbocycles. The Bertz CT molecular complexity index is 388. The fourth-order valence-electron chi connectivity index (χ4n) is 1.42. The molecule has 1 aromatic carbocycles. The van der Waals surface area contributed by atoms with Gasteiger partial charge < -0.3 is 9.64 Å². The highest BCUT2D eigenvalue weighted by Gasteiger charge is 2.25. The predicted octanol–water partition coefficient (Wildman–Crippen LogP) is -0.227. The van der Waals surface area contributed by atoms with E-state index in [1.165, 1.54) is 0 Å². The molecule has 1 aliphatic rings. The second-order valence-corrected chi connectivity index (χ2v) is 3.30. The van der Waals surface area contributed by atoms with Gasteiger partial charge in [0, 0.05) is 13.1 Å². The summed E-state index contributed by atoms with van der Waals surface area (Å²) in [5.41, 5.74) is -0.662. The minimum absolute atomic E-state index is 0.0758. The number of hydrogen-bond donors (Lipinski definition) is 0. The van der Waals surface area contributed by atoms with Crippen LogP contribution < -0.4 is 15.8 Å². The highest BCUT2D eigenvalue weighted by molar-refractivity contribution is 6.34. The number of anilines is 1. The Morgan fingerprint density at radius 2 is 1.77 bits per heavy atom. The van der Waals surface area contributed by atoms with Crippen LogP contribution in [0, 0.1) is 0 Å². The van der Waals surface area contributed by atoms with E-state index in [1.807, 2.05) is 0 Å². The number of rotatable bonds is 1. The van der Waals surface area contributed by atoms with Crippen LogP contribution in [-0.2, 0) is 4.74 Å². The molecule has 13 heavy (non-hydrogen) atoms. The maximum atomic E-state index is 11.1. The molecule has 1 saturated heterocycles. The first-order valence-corrected chi connectivity index (χ1v) is 4.41. The van der Waals surface area contributed by atoms with Gasteiger partial charge in [-0.05, 0) is 0 Å². The van der Waals surface area contributed by atoms with Crippen molar-refractivity contribution in [1.82, 2.24) is 0 Å². The summed E-state index contributed by atoms with van der Waals surface area (Å²) in [5.74, 6) is 0. The summed E-state index contributed by atoms with van der Waals surface area (Å²) >= 11 is 5.62. The van der Waals surface area contributed by atoms with Crippen LogP contribution in [0.5, 0.6) is 0 Å². The van der Waals surface area contributed by atoms with E-state index < -0.39 is 10.9 Å². The van der Waals surface area contributed by atoms with Crippen molar-refractivity contribution in [2.45, 2.75) is 0 Å². The number of hydrogen-bond acceptors (Lipinski definition) is 4. The highest BCUT2D eigenvalue weighted by atomic mass is 35.5. The molecular weight excluding hydrogens is 194 g/mol. The summed E-state index contributed by atoms with van der Waals surface area (Å²) < 4.78 is 5.11. The van der Waals surface area contributed by atoms with Crippen molar-refractivity contribution in [3.8, 4) is 0 Å². The molecule has 0 atom stereocenters. The summed E-state index contributed by atoms with van der Waals surface area (Å²) in [6.45, 7) is 2.42. The first-order valence-electron chi connectivity index (χ1n) is 4.03. The molecule has 0 saturated carbocycles. The summed E-state index contributed by atoms with van der Waals surface area (Å²) in [6, 6.07) is 0. The maximum Gasteiger partial charge on any atom is 0.252 e. The summed E-state index contributed by atoms with van der Waals surface area (Å²) in [7, 11) is 0. The van der Waals surface area contributed by atoms with Gasteiger partial charge in [-0.3, -0.25) is 9.59 Å². The molecule has 0 N–H and O–H groups in total. The van der Waals surface area contributed by atoms with Gasteiger partial charge in [0.25, 0.3) is 5.43 Å². The van der Waals surface area contributed by atoms with Crippen LogP contribution in [-0.4, -0.2) is 26.3 Å². The molecule has 4 nitrogen and oxygen atoms in total. The van der Waals surface area contributed by atoms with E-state index >= 15 is 0 Å². The molecule has 1 aromatic rings. The molecule has 5 heteroatoms. The zero-order chi connectivity index (χ0) is 9.42. The van der Waals surface area contributed by atoms with Crippen molar-refractivity contribution < 1.29 is 4.74 Å². The molecule has 1 heterocycles.